The smallest absolute Gasteiger partial charge is 0.269 e. The monoisotopic (exact) mass is 375 g/mol. The summed E-state index contributed by atoms with van der Waals surface area (Å²) < 4.78 is 0. The molecule has 6 heteroatoms. The van der Waals surface area contributed by atoms with E-state index in [2.05, 4.69) is 0 Å². The third-order valence-corrected chi connectivity index (χ3v) is 5.70. The van der Waals surface area contributed by atoms with Crippen LogP contribution in [-0.4, -0.2) is 22.6 Å². The molecule has 0 aliphatic carbocycles. The van der Waals surface area contributed by atoms with Gasteiger partial charge < -0.3 is 0 Å². The molecule has 3 rings (SSSR count). The van der Waals surface area contributed by atoms with Crippen LogP contribution in [0.15, 0.2) is 63.2 Å². The summed E-state index contributed by atoms with van der Waals surface area (Å²) in [4.78, 5) is 27.9. The maximum absolute atomic E-state index is 12.3. The largest absolute Gasteiger partial charge is 0.293 e. The van der Waals surface area contributed by atoms with Crippen LogP contribution in [0.2, 0.25) is 5.02 Å². The Morgan fingerprint density at radius 2 is 1.83 bits per heavy atom. The van der Waals surface area contributed by atoms with E-state index in [1.165, 1.54) is 4.90 Å². The fraction of sp³-hybridized carbons (Fsp3) is 0.111. The minimum Gasteiger partial charge on any atom is -0.269 e. The van der Waals surface area contributed by atoms with Crippen LogP contribution in [0.3, 0.4) is 0 Å². The van der Waals surface area contributed by atoms with Gasteiger partial charge in [-0.05, 0) is 60.7 Å². The average Bonchev–Trinajstić information content (AvgIpc) is 2.85. The Morgan fingerprint density at radius 3 is 2.50 bits per heavy atom. The Hall–Kier alpha value is -1.69. The Labute approximate surface area is 154 Å². The van der Waals surface area contributed by atoms with Crippen LogP contribution in [0.4, 0.5) is 4.79 Å². The van der Waals surface area contributed by atoms with Gasteiger partial charge in [0.25, 0.3) is 11.1 Å². The number of rotatable bonds is 4. The number of amides is 2. The summed E-state index contributed by atoms with van der Waals surface area (Å²) in [6, 6.07) is 15.4. The van der Waals surface area contributed by atoms with Crippen molar-refractivity contribution in [3.8, 4) is 0 Å². The number of hydrogen-bond acceptors (Lipinski definition) is 4. The van der Waals surface area contributed by atoms with Gasteiger partial charge in [-0.2, -0.15) is 0 Å². The standard InChI is InChI=1S/C18H14ClNO2S2/c1-2-20-17(21)16(24-18(20)22)11-12-5-3-4-6-15(12)23-14-9-7-13(19)8-10-14/h3-11H,2H2,1H3/b16-11-. The molecule has 2 aromatic carbocycles. The van der Waals surface area contributed by atoms with Crippen molar-refractivity contribution in [2.45, 2.75) is 16.7 Å². The van der Waals surface area contributed by atoms with Gasteiger partial charge in [0.1, 0.15) is 0 Å². The van der Waals surface area contributed by atoms with Crippen molar-refractivity contribution in [1.82, 2.24) is 4.90 Å². The van der Waals surface area contributed by atoms with Crippen molar-refractivity contribution in [3.05, 3.63) is 64.0 Å². The van der Waals surface area contributed by atoms with Crippen molar-refractivity contribution in [3.63, 3.8) is 0 Å². The molecule has 1 saturated heterocycles. The number of carbonyl (C=O) groups is 2. The third kappa shape index (κ3) is 3.69. The molecule has 0 aromatic heterocycles. The number of nitrogens with zero attached hydrogens (tertiary/aromatic N) is 1. The number of thioether (sulfide) groups is 1. The maximum Gasteiger partial charge on any atom is 0.293 e. The molecule has 122 valence electrons. The molecule has 0 radical (unpaired) electrons. The number of benzene rings is 2. The average molecular weight is 376 g/mol. The van der Waals surface area contributed by atoms with E-state index in [1.807, 2.05) is 48.5 Å². The first-order chi connectivity index (χ1) is 11.6. The predicted molar refractivity (Wildman–Crippen MR) is 100 cm³/mol. The number of halogens is 1. The van der Waals surface area contributed by atoms with Crippen LogP contribution in [0.25, 0.3) is 6.08 Å². The van der Waals surface area contributed by atoms with Gasteiger partial charge in [-0.1, -0.05) is 41.6 Å². The molecule has 1 heterocycles. The lowest BCUT2D eigenvalue weighted by Crippen LogP contribution is -2.27. The van der Waals surface area contributed by atoms with Crippen LogP contribution >= 0.6 is 35.1 Å². The Kier molecular flexibility index (Phi) is 5.33. The van der Waals surface area contributed by atoms with Crippen molar-refractivity contribution in [1.29, 1.82) is 0 Å². The van der Waals surface area contributed by atoms with E-state index in [0.29, 0.717) is 16.5 Å². The van der Waals surface area contributed by atoms with E-state index in [9.17, 15) is 9.59 Å². The van der Waals surface area contributed by atoms with E-state index >= 15 is 0 Å². The molecule has 1 aliphatic rings. The molecule has 3 nitrogen and oxygen atoms in total. The van der Waals surface area contributed by atoms with E-state index in [-0.39, 0.29) is 11.1 Å². The van der Waals surface area contributed by atoms with Gasteiger partial charge in [0.15, 0.2) is 0 Å². The predicted octanol–water partition coefficient (Wildman–Crippen LogP) is 5.55. The molecular formula is C18H14ClNO2S2. The number of likely N-dealkylation sites (N-methyl/N-ethyl adjacent to an activating group) is 1. The first-order valence-electron chi connectivity index (χ1n) is 7.36. The molecule has 2 amide bonds. The van der Waals surface area contributed by atoms with Crippen LogP contribution in [0, 0.1) is 0 Å². The molecular weight excluding hydrogens is 362 g/mol. The molecule has 1 aliphatic heterocycles. The first-order valence-corrected chi connectivity index (χ1v) is 9.37. The summed E-state index contributed by atoms with van der Waals surface area (Å²) in [6.45, 7) is 2.19. The molecule has 2 aromatic rings. The summed E-state index contributed by atoms with van der Waals surface area (Å²) in [5.74, 6) is -0.223. The first kappa shape index (κ1) is 17.1. The SMILES string of the molecule is CCN1C(=O)S/C(=C\c2ccccc2Sc2ccc(Cl)cc2)C1=O. The van der Waals surface area contributed by atoms with Crippen molar-refractivity contribution in [2.75, 3.05) is 6.54 Å². The van der Waals surface area contributed by atoms with Gasteiger partial charge in [-0.25, -0.2) is 0 Å². The molecule has 1 fully saturated rings. The lowest BCUT2D eigenvalue weighted by molar-refractivity contribution is -0.122. The fourth-order valence-corrected chi connectivity index (χ4v) is 4.17. The molecule has 0 N–H and O–H groups in total. The highest BCUT2D eigenvalue weighted by Gasteiger charge is 2.33. The van der Waals surface area contributed by atoms with E-state index in [4.69, 9.17) is 11.6 Å². The maximum atomic E-state index is 12.3. The Bertz CT molecular complexity index is 818. The van der Waals surface area contributed by atoms with Crippen LogP contribution < -0.4 is 0 Å². The minimum atomic E-state index is -0.223. The topological polar surface area (TPSA) is 37.4 Å². The van der Waals surface area contributed by atoms with E-state index in [0.717, 1.165) is 27.1 Å². The zero-order valence-electron chi connectivity index (χ0n) is 12.9. The van der Waals surface area contributed by atoms with Gasteiger partial charge in [0.2, 0.25) is 0 Å². The Balaban J connectivity index is 1.90. The van der Waals surface area contributed by atoms with Gasteiger partial charge in [0, 0.05) is 21.4 Å². The minimum absolute atomic E-state index is 0.211. The summed E-state index contributed by atoms with van der Waals surface area (Å²) in [7, 11) is 0. The quantitative estimate of drug-likeness (QED) is 0.657. The zero-order valence-corrected chi connectivity index (χ0v) is 15.3. The zero-order chi connectivity index (χ0) is 17.1. The summed E-state index contributed by atoms with van der Waals surface area (Å²) in [5, 5.41) is 0.484. The van der Waals surface area contributed by atoms with Crippen molar-refractivity contribution >= 4 is 52.3 Å². The second-order valence-corrected chi connectivity index (χ2v) is 7.56. The van der Waals surface area contributed by atoms with Gasteiger partial charge in [-0.15, -0.1) is 0 Å². The molecule has 0 unspecified atom stereocenters. The lowest BCUT2D eigenvalue weighted by Gasteiger charge is -2.08. The number of imide groups is 1. The highest BCUT2D eigenvalue weighted by Crippen LogP contribution is 2.36. The van der Waals surface area contributed by atoms with Crippen molar-refractivity contribution < 1.29 is 9.59 Å². The summed E-state index contributed by atoms with van der Waals surface area (Å²) in [5.41, 5.74) is 0.916. The molecule has 0 spiro atoms. The number of hydrogen-bond donors (Lipinski definition) is 0. The second kappa shape index (κ2) is 7.47. The summed E-state index contributed by atoms with van der Waals surface area (Å²) in [6.07, 6.45) is 1.79. The Morgan fingerprint density at radius 1 is 1.12 bits per heavy atom. The highest BCUT2D eigenvalue weighted by molar-refractivity contribution is 8.18. The summed E-state index contributed by atoms with van der Waals surface area (Å²) >= 11 is 8.50. The van der Waals surface area contributed by atoms with Crippen molar-refractivity contribution in [2.24, 2.45) is 0 Å². The van der Waals surface area contributed by atoms with Crippen LogP contribution in [-0.2, 0) is 4.79 Å². The number of carbonyl (C=O) groups excluding carboxylic acids is 2. The highest BCUT2D eigenvalue weighted by atomic mass is 35.5. The molecule has 0 bridgehead atoms. The van der Waals surface area contributed by atoms with Crippen LogP contribution in [0.5, 0.6) is 0 Å². The third-order valence-electron chi connectivity index (χ3n) is 3.44. The normalized spacial score (nSPS) is 16.2. The molecule has 0 atom stereocenters. The lowest BCUT2D eigenvalue weighted by atomic mass is 10.2. The fourth-order valence-electron chi connectivity index (χ4n) is 2.24. The van der Waals surface area contributed by atoms with E-state index in [1.54, 1.807) is 24.8 Å². The van der Waals surface area contributed by atoms with Gasteiger partial charge >= 0.3 is 0 Å². The van der Waals surface area contributed by atoms with Gasteiger partial charge in [0.05, 0.1) is 4.91 Å². The molecule has 0 saturated carbocycles. The molecule has 24 heavy (non-hydrogen) atoms. The van der Waals surface area contributed by atoms with E-state index < -0.39 is 0 Å². The van der Waals surface area contributed by atoms with Gasteiger partial charge in [-0.3, -0.25) is 14.5 Å². The second-order valence-electron chi connectivity index (χ2n) is 5.02. The van der Waals surface area contributed by atoms with Crippen LogP contribution in [0.1, 0.15) is 12.5 Å².